The van der Waals surface area contributed by atoms with Gasteiger partial charge >= 0.3 is 6.03 Å². The summed E-state index contributed by atoms with van der Waals surface area (Å²) in [5.41, 5.74) is 4.93. The highest BCUT2D eigenvalue weighted by atomic mass is 16.2. The minimum Gasteiger partial charge on any atom is -0.334 e. The van der Waals surface area contributed by atoms with Gasteiger partial charge in [-0.3, -0.25) is 9.97 Å². The zero-order valence-electron chi connectivity index (χ0n) is 15.9. The number of pyridine rings is 2. The zero-order chi connectivity index (χ0) is 19.3. The van der Waals surface area contributed by atoms with Gasteiger partial charge in [-0.2, -0.15) is 0 Å². The maximum absolute atomic E-state index is 12.2. The fourth-order valence-corrected chi connectivity index (χ4v) is 2.68. The van der Waals surface area contributed by atoms with E-state index >= 15 is 0 Å². The van der Waals surface area contributed by atoms with Gasteiger partial charge in [0.2, 0.25) is 0 Å². The monoisotopic (exact) mass is 360 g/mol. The second-order valence-corrected chi connectivity index (χ2v) is 7.42. The van der Waals surface area contributed by atoms with Crippen molar-refractivity contribution in [2.75, 3.05) is 5.32 Å². The van der Waals surface area contributed by atoms with E-state index in [1.807, 2.05) is 48.5 Å². The third-order valence-electron chi connectivity index (χ3n) is 4.26. The number of aromatic nitrogens is 2. The number of anilines is 1. The SMILES string of the molecule is CC(C)(C)c1ccc(NC(=O)NCc2ccnc(-c3ccncc3)c2)cc1. The summed E-state index contributed by atoms with van der Waals surface area (Å²) in [6.45, 7) is 6.91. The Balaban J connectivity index is 1.58. The van der Waals surface area contributed by atoms with E-state index < -0.39 is 0 Å². The van der Waals surface area contributed by atoms with Crippen LogP contribution in [-0.2, 0) is 12.0 Å². The van der Waals surface area contributed by atoms with Crippen molar-refractivity contribution in [3.8, 4) is 11.3 Å². The third-order valence-corrected chi connectivity index (χ3v) is 4.26. The molecule has 0 bridgehead atoms. The number of benzene rings is 1. The summed E-state index contributed by atoms with van der Waals surface area (Å²) in [6.07, 6.45) is 5.22. The average molecular weight is 360 g/mol. The lowest BCUT2D eigenvalue weighted by Gasteiger charge is -2.19. The van der Waals surface area contributed by atoms with Crippen molar-refractivity contribution in [1.29, 1.82) is 0 Å². The molecule has 2 N–H and O–H groups in total. The summed E-state index contributed by atoms with van der Waals surface area (Å²) >= 11 is 0. The van der Waals surface area contributed by atoms with Crippen LogP contribution in [0.1, 0.15) is 31.9 Å². The molecule has 0 spiro atoms. The molecule has 0 saturated carbocycles. The molecular formula is C22H24N4O. The van der Waals surface area contributed by atoms with Crippen LogP contribution in [0.5, 0.6) is 0 Å². The molecule has 27 heavy (non-hydrogen) atoms. The molecule has 0 unspecified atom stereocenters. The molecule has 138 valence electrons. The molecule has 0 atom stereocenters. The van der Waals surface area contributed by atoms with Gasteiger partial charge in [-0.25, -0.2) is 4.79 Å². The Hall–Kier alpha value is -3.21. The predicted molar refractivity (Wildman–Crippen MR) is 108 cm³/mol. The molecule has 3 rings (SSSR count). The topological polar surface area (TPSA) is 66.9 Å². The number of rotatable bonds is 4. The molecule has 0 aliphatic rings. The number of carbonyl (C=O) groups is 1. The second-order valence-electron chi connectivity index (χ2n) is 7.42. The molecule has 0 aliphatic heterocycles. The largest absolute Gasteiger partial charge is 0.334 e. The van der Waals surface area contributed by atoms with Crippen LogP contribution in [-0.4, -0.2) is 16.0 Å². The van der Waals surface area contributed by atoms with E-state index in [9.17, 15) is 4.79 Å². The van der Waals surface area contributed by atoms with E-state index in [-0.39, 0.29) is 11.4 Å². The van der Waals surface area contributed by atoms with Crippen molar-refractivity contribution < 1.29 is 4.79 Å². The summed E-state index contributed by atoms with van der Waals surface area (Å²) in [5, 5.41) is 5.74. The van der Waals surface area contributed by atoms with Gasteiger partial charge in [0.05, 0.1) is 5.69 Å². The maximum Gasteiger partial charge on any atom is 0.319 e. The van der Waals surface area contributed by atoms with Crippen LogP contribution in [0.3, 0.4) is 0 Å². The van der Waals surface area contributed by atoms with Crippen molar-refractivity contribution in [3.05, 3.63) is 78.2 Å². The number of nitrogens with zero attached hydrogens (tertiary/aromatic N) is 2. The molecule has 0 fully saturated rings. The molecule has 2 heterocycles. The summed E-state index contributed by atoms with van der Waals surface area (Å²) < 4.78 is 0. The van der Waals surface area contributed by atoms with E-state index in [2.05, 4.69) is 41.4 Å². The molecule has 3 aromatic rings. The molecule has 0 radical (unpaired) electrons. The standard InChI is InChI=1S/C22H24N4O/c1-22(2,3)18-4-6-19(7-5-18)26-21(27)25-15-16-8-13-24-20(14-16)17-9-11-23-12-10-17/h4-14H,15H2,1-3H3,(H2,25,26,27). The molecule has 1 aromatic carbocycles. The third kappa shape index (κ3) is 5.14. The van der Waals surface area contributed by atoms with Gasteiger partial charge in [-0.05, 0) is 52.9 Å². The number of amides is 2. The molecule has 2 aromatic heterocycles. The van der Waals surface area contributed by atoms with E-state index in [0.717, 1.165) is 22.5 Å². The molecule has 0 saturated heterocycles. The number of hydrogen-bond donors (Lipinski definition) is 2. The minimum atomic E-state index is -0.235. The Morgan fingerprint density at radius 3 is 2.33 bits per heavy atom. The zero-order valence-corrected chi connectivity index (χ0v) is 15.9. The quantitative estimate of drug-likeness (QED) is 0.705. The highest BCUT2D eigenvalue weighted by Crippen LogP contribution is 2.23. The van der Waals surface area contributed by atoms with Crippen molar-refractivity contribution in [1.82, 2.24) is 15.3 Å². The first-order valence-electron chi connectivity index (χ1n) is 8.92. The van der Waals surface area contributed by atoms with E-state index in [0.29, 0.717) is 6.54 Å². The normalized spacial score (nSPS) is 11.1. The van der Waals surface area contributed by atoms with Gasteiger partial charge in [0.15, 0.2) is 0 Å². The van der Waals surface area contributed by atoms with Crippen LogP contribution < -0.4 is 10.6 Å². The molecule has 0 aliphatic carbocycles. The first kappa shape index (κ1) is 18.6. The smallest absolute Gasteiger partial charge is 0.319 e. The Morgan fingerprint density at radius 2 is 1.67 bits per heavy atom. The number of urea groups is 1. The lowest BCUT2D eigenvalue weighted by molar-refractivity contribution is 0.251. The number of carbonyl (C=O) groups excluding carboxylic acids is 1. The minimum absolute atomic E-state index is 0.0919. The van der Waals surface area contributed by atoms with Crippen LogP contribution in [0.25, 0.3) is 11.3 Å². The summed E-state index contributed by atoms with van der Waals surface area (Å²) in [4.78, 5) is 20.6. The highest BCUT2D eigenvalue weighted by Gasteiger charge is 2.13. The first-order valence-corrected chi connectivity index (χ1v) is 8.92. The Bertz CT molecular complexity index is 900. The van der Waals surface area contributed by atoms with Crippen molar-refractivity contribution in [2.24, 2.45) is 0 Å². The number of hydrogen-bond acceptors (Lipinski definition) is 3. The summed E-state index contributed by atoms with van der Waals surface area (Å²) in [5.74, 6) is 0. The van der Waals surface area contributed by atoms with E-state index in [1.165, 1.54) is 5.56 Å². The van der Waals surface area contributed by atoms with Gasteiger partial charge in [0.25, 0.3) is 0 Å². The second kappa shape index (κ2) is 7.99. The van der Waals surface area contributed by atoms with Crippen molar-refractivity contribution in [3.63, 3.8) is 0 Å². The highest BCUT2D eigenvalue weighted by molar-refractivity contribution is 5.89. The lowest BCUT2D eigenvalue weighted by atomic mass is 9.87. The van der Waals surface area contributed by atoms with Gasteiger partial charge in [0, 0.05) is 36.4 Å². The summed E-state index contributed by atoms with van der Waals surface area (Å²) in [6, 6.07) is 15.4. The molecular weight excluding hydrogens is 336 g/mol. The van der Waals surface area contributed by atoms with Gasteiger partial charge in [-0.1, -0.05) is 32.9 Å². The molecule has 2 amide bonds. The van der Waals surface area contributed by atoms with Crippen LogP contribution in [0.4, 0.5) is 10.5 Å². The number of nitrogens with one attached hydrogen (secondary N) is 2. The van der Waals surface area contributed by atoms with E-state index in [4.69, 9.17) is 0 Å². The fourth-order valence-electron chi connectivity index (χ4n) is 2.68. The van der Waals surface area contributed by atoms with Crippen LogP contribution >= 0.6 is 0 Å². The van der Waals surface area contributed by atoms with Crippen molar-refractivity contribution in [2.45, 2.75) is 32.7 Å². The Labute approximate surface area is 159 Å². The Morgan fingerprint density at radius 1 is 0.963 bits per heavy atom. The molecule has 5 heteroatoms. The predicted octanol–water partition coefficient (Wildman–Crippen LogP) is 4.76. The summed E-state index contributed by atoms with van der Waals surface area (Å²) in [7, 11) is 0. The fraction of sp³-hybridized carbons (Fsp3) is 0.227. The molecule has 5 nitrogen and oxygen atoms in total. The Kier molecular flexibility index (Phi) is 5.50. The van der Waals surface area contributed by atoms with Crippen molar-refractivity contribution >= 4 is 11.7 Å². The van der Waals surface area contributed by atoms with Gasteiger partial charge in [-0.15, -0.1) is 0 Å². The van der Waals surface area contributed by atoms with Crippen LogP contribution in [0.15, 0.2) is 67.1 Å². The van der Waals surface area contributed by atoms with Crippen LogP contribution in [0.2, 0.25) is 0 Å². The van der Waals surface area contributed by atoms with E-state index in [1.54, 1.807) is 18.6 Å². The first-order chi connectivity index (χ1) is 12.9. The maximum atomic E-state index is 12.2. The average Bonchev–Trinajstić information content (AvgIpc) is 2.67. The van der Waals surface area contributed by atoms with Crippen LogP contribution in [0, 0.1) is 0 Å². The van der Waals surface area contributed by atoms with Gasteiger partial charge < -0.3 is 10.6 Å². The van der Waals surface area contributed by atoms with Gasteiger partial charge in [0.1, 0.15) is 0 Å². The lowest BCUT2D eigenvalue weighted by Crippen LogP contribution is -2.28.